The summed E-state index contributed by atoms with van der Waals surface area (Å²) in [6.45, 7) is 18.0. The first-order valence-corrected chi connectivity index (χ1v) is 32.5. The zero-order valence-electron chi connectivity index (χ0n) is 44.5. The number of anilines is 1. The molecule has 19 heteroatoms. The number of aliphatic hydroxyl groups excluding tert-OH is 2. The van der Waals surface area contributed by atoms with E-state index in [0.717, 1.165) is 96.3 Å². The van der Waals surface area contributed by atoms with E-state index in [0.29, 0.717) is 44.0 Å². The maximum Gasteiger partial charge on any atom is 0.187 e. The highest BCUT2D eigenvalue weighted by Crippen LogP contribution is 2.42. The van der Waals surface area contributed by atoms with Gasteiger partial charge in [-0.25, -0.2) is 9.97 Å². The number of methoxy groups -OCH3 is 2. The number of aromatic amines is 1. The number of aromatic nitrogens is 3. The predicted molar refractivity (Wildman–Crippen MR) is 295 cm³/mol. The third-order valence-electron chi connectivity index (χ3n) is 14.1. The molecule has 5 N–H and O–H groups in total. The van der Waals surface area contributed by atoms with Crippen LogP contribution in [0.5, 0.6) is 5.75 Å². The van der Waals surface area contributed by atoms with E-state index in [1.165, 1.54) is 10.9 Å². The van der Waals surface area contributed by atoms with Gasteiger partial charge in [0.1, 0.15) is 11.4 Å². The molecule has 4 atom stereocenters. The van der Waals surface area contributed by atoms with Gasteiger partial charge in [0.15, 0.2) is 21.8 Å². The molecule has 0 radical (unpaired) electrons. The summed E-state index contributed by atoms with van der Waals surface area (Å²) in [5.74, 6) is 0.816. The Morgan fingerprint density at radius 3 is 2.49 bits per heavy atom. The van der Waals surface area contributed by atoms with Crippen LogP contribution >= 0.6 is 11.8 Å². The second kappa shape index (κ2) is 26.9. The van der Waals surface area contributed by atoms with Crippen molar-refractivity contribution in [2.75, 3.05) is 98.1 Å². The average molecular weight is 1030 g/mol. The number of ether oxygens (including phenoxy) is 2. The maximum absolute atomic E-state index is 11.7. The van der Waals surface area contributed by atoms with Crippen molar-refractivity contribution in [3.63, 3.8) is 0 Å². The van der Waals surface area contributed by atoms with Crippen molar-refractivity contribution in [2.45, 2.75) is 114 Å². The molecule has 0 spiro atoms. The molecule has 3 heterocycles. The topological polar surface area (TPSA) is 200 Å². The van der Waals surface area contributed by atoms with Gasteiger partial charge in [0, 0.05) is 128 Å². The smallest absolute Gasteiger partial charge is 0.187 e. The largest absolute Gasteiger partial charge is 0.496 e. The molecule has 2 aromatic heterocycles. The molecule has 4 aromatic rings. The number of nitrogens with zero attached hydrogens (tertiary/aromatic N) is 8. The van der Waals surface area contributed by atoms with E-state index < -0.39 is 33.8 Å². The van der Waals surface area contributed by atoms with Gasteiger partial charge in [-0.05, 0) is 112 Å². The number of thioether (sulfide) groups is 1. The maximum atomic E-state index is 11.7. The Balaban J connectivity index is 1.30. The summed E-state index contributed by atoms with van der Waals surface area (Å²) in [7, 11) is 5.61. The van der Waals surface area contributed by atoms with Gasteiger partial charge in [0.25, 0.3) is 0 Å². The lowest BCUT2D eigenvalue weighted by atomic mass is 9.68. The quantitative estimate of drug-likeness (QED) is 0.00476. The first kappa shape index (κ1) is 58.1. The monoisotopic (exact) mass is 1030 g/mol. The first-order valence-electron chi connectivity index (χ1n) is 25.3. The van der Waals surface area contributed by atoms with Crippen molar-refractivity contribution >= 4 is 45.0 Å². The van der Waals surface area contributed by atoms with E-state index in [-0.39, 0.29) is 19.2 Å². The molecule has 0 saturated heterocycles. The molecule has 5 rings (SSSR count). The molecule has 0 saturated carbocycles. The lowest BCUT2D eigenvalue weighted by Crippen LogP contribution is -2.58. The molecular weight excluding hydrogens is 949 g/mol. The lowest BCUT2D eigenvalue weighted by Gasteiger charge is -2.49. The third-order valence-corrected chi connectivity index (χ3v) is 23.9. The number of nitrogens with one attached hydrogen (secondary N) is 2. The highest BCUT2D eigenvalue weighted by atomic mass is 32.2. The summed E-state index contributed by atoms with van der Waals surface area (Å²) in [5, 5.41) is 43.5. The minimum Gasteiger partial charge on any atom is -0.496 e. The Labute approximate surface area is 429 Å². The summed E-state index contributed by atoms with van der Waals surface area (Å²) in [5.41, 5.74) is 14.6. The summed E-state index contributed by atoms with van der Waals surface area (Å²) in [6, 6.07) is 13.9. The molecule has 0 fully saturated rings. The van der Waals surface area contributed by atoms with Crippen molar-refractivity contribution < 1.29 is 28.9 Å². The number of azide groups is 1. The van der Waals surface area contributed by atoms with Crippen molar-refractivity contribution in [1.82, 2.24) is 30.1 Å². The van der Waals surface area contributed by atoms with Crippen LogP contribution in [0.1, 0.15) is 61.1 Å². The number of aliphatic hydroxyl groups is 3. The molecule has 71 heavy (non-hydrogen) atoms. The molecule has 0 aliphatic carbocycles. The highest BCUT2D eigenvalue weighted by Gasteiger charge is 2.46. The zero-order valence-corrected chi connectivity index (χ0v) is 47.3. The summed E-state index contributed by atoms with van der Waals surface area (Å²) in [6.07, 6.45) is 11.2. The van der Waals surface area contributed by atoms with Gasteiger partial charge in [-0.15, -0.1) is 0 Å². The van der Waals surface area contributed by atoms with Crippen LogP contribution in [0.15, 0.2) is 71.2 Å². The van der Waals surface area contributed by atoms with Crippen LogP contribution in [0.3, 0.4) is 0 Å². The number of fused-ring (bicyclic) bond motifs is 1. The fraction of sp³-hybridized carbons (Fsp3) is 0.615. The summed E-state index contributed by atoms with van der Waals surface area (Å²) >= 11 is 1.63. The lowest BCUT2D eigenvalue weighted by molar-refractivity contribution is -0.0515. The van der Waals surface area contributed by atoms with Crippen LogP contribution in [0.4, 0.5) is 5.69 Å². The third kappa shape index (κ3) is 16.1. The number of H-pyrrole nitrogens is 1. The minimum absolute atomic E-state index is 0.0914. The van der Waals surface area contributed by atoms with Gasteiger partial charge in [-0.1, -0.05) is 61.1 Å². The van der Waals surface area contributed by atoms with Gasteiger partial charge in [0.05, 0.1) is 33.0 Å². The van der Waals surface area contributed by atoms with E-state index in [1.807, 2.05) is 6.92 Å². The standard InChI is InChI=1S/C52H84N10O6SSi2/c1-12-51(65,37-66-6)36-61(5)25-20-43-42-18-14-15-19-44(42)58-45(43)29-41-28-40(46(60(3)4)31-47(41)67-7)30-48-52(13-2,49(64)35-63)21-16-24-62(48)26-23-54-22-17-27-70(8,9)68-71(10,11)38-69-50-55-32-39(33-56-50)34-57-59-53/h14-16,18-19,21,28,31-33,48-49,54,58,63-65H,12-13,17,20,22-27,29-30,34-38H2,1-11H3/t48-,49+,51?,52-/m1/s1. The van der Waals surface area contributed by atoms with Crippen LogP contribution in [0.25, 0.3) is 21.3 Å². The number of hydrogen-bond donors (Lipinski definition) is 5. The molecule has 2 aromatic carbocycles. The number of rotatable bonds is 31. The van der Waals surface area contributed by atoms with Gasteiger partial charge in [-0.3, -0.25) is 4.90 Å². The number of hydrogen-bond acceptors (Lipinski definition) is 14. The Kier molecular flexibility index (Phi) is 22.0. The summed E-state index contributed by atoms with van der Waals surface area (Å²) in [4.78, 5) is 22.3. The van der Waals surface area contributed by atoms with Crippen LogP contribution in [-0.2, 0) is 34.7 Å². The van der Waals surface area contributed by atoms with E-state index in [4.69, 9.17) is 19.1 Å². The predicted octanol–water partition coefficient (Wildman–Crippen LogP) is 7.97. The summed E-state index contributed by atoms with van der Waals surface area (Å²) < 4.78 is 18.5. The molecule has 1 unspecified atom stereocenters. The first-order chi connectivity index (χ1) is 33.9. The van der Waals surface area contributed by atoms with E-state index in [1.54, 1.807) is 38.4 Å². The van der Waals surface area contributed by atoms with Crippen LogP contribution in [-0.4, -0.2) is 168 Å². The SMILES string of the molecule is CCC(O)(COC)CN(C)CCc1c(Cc2cc(C[C@H]3N(CCNCCC[Si](C)(C)O[Si](C)(C)CSc4ncc(CN=[N+]=[N-])cn4)CC=C[C@@]3(CC)[C@@H](O)CO)c(N(C)C)cc2OC)[nH]c2ccccc12. The fourth-order valence-electron chi connectivity index (χ4n) is 10.4. The van der Waals surface area contributed by atoms with E-state index in [9.17, 15) is 15.3 Å². The van der Waals surface area contributed by atoms with Gasteiger partial charge in [0.2, 0.25) is 0 Å². The Hall–Kier alpha value is -3.83. The fourth-order valence-corrected chi connectivity index (χ4v) is 20.7. The average Bonchev–Trinajstić information content (AvgIpc) is 3.69. The molecule has 1 aliphatic rings. The van der Waals surface area contributed by atoms with Crippen molar-refractivity contribution in [2.24, 2.45) is 10.5 Å². The molecule has 0 bridgehead atoms. The number of benzene rings is 2. The van der Waals surface area contributed by atoms with Gasteiger partial charge >= 0.3 is 0 Å². The van der Waals surface area contributed by atoms with Crippen molar-refractivity contribution in [1.29, 1.82) is 0 Å². The molecule has 1 aliphatic heterocycles. The van der Waals surface area contributed by atoms with E-state index >= 15 is 0 Å². The van der Waals surface area contributed by atoms with Crippen LogP contribution in [0.2, 0.25) is 32.2 Å². The van der Waals surface area contributed by atoms with Gasteiger partial charge in [-0.2, -0.15) is 0 Å². The van der Waals surface area contributed by atoms with E-state index in [2.05, 4.69) is 148 Å². The highest BCUT2D eigenvalue weighted by molar-refractivity contribution is 8.00. The molecule has 0 amide bonds. The molecular formula is C52H84N10O6SSi2. The van der Waals surface area contributed by atoms with Crippen molar-refractivity contribution in [3.8, 4) is 5.75 Å². The van der Waals surface area contributed by atoms with Gasteiger partial charge < -0.3 is 49.0 Å². The number of para-hydroxylation sites is 1. The van der Waals surface area contributed by atoms with Crippen molar-refractivity contribution in [3.05, 3.63) is 99.3 Å². The Bertz CT molecular complexity index is 2370. The Morgan fingerprint density at radius 1 is 1.08 bits per heavy atom. The second-order valence-electron chi connectivity index (χ2n) is 20.8. The number of likely N-dealkylation sites (N-methyl/N-ethyl adjacent to an activating group) is 1. The molecule has 392 valence electrons. The Morgan fingerprint density at radius 2 is 1.83 bits per heavy atom. The van der Waals surface area contributed by atoms with Crippen LogP contribution in [0, 0.1) is 5.41 Å². The molecule has 16 nitrogen and oxygen atoms in total. The second-order valence-corrected chi connectivity index (χ2v) is 31.0. The minimum atomic E-state index is -2.01. The van der Waals surface area contributed by atoms with Crippen LogP contribution < -0.4 is 15.0 Å². The normalized spacial score (nSPS) is 17.9. The zero-order chi connectivity index (χ0) is 51.8.